The van der Waals surface area contributed by atoms with Crippen LogP contribution in [0.2, 0.25) is 0 Å². The molecule has 1 fully saturated rings. The van der Waals surface area contributed by atoms with Crippen LogP contribution >= 0.6 is 11.3 Å². The third-order valence-corrected chi connectivity index (χ3v) is 4.63. The van der Waals surface area contributed by atoms with E-state index in [0.717, 1.165) is 21.8 Å². The predicted molar refractivity (Wildman–Crippen MR) is 82.4 cm³/mol. The van der Waals surface area contributed by atoms with E-state index in [-0.39, 0.29) is 5.91 Å². The lowest BCUT2D eigenvalue weighted by atomic mass is 10.3. The summed E-state index contributed by atoms with van der Waals surface area (Å²) in [7, 11) is 0. The minimum atomic E-state index is -0.144. The minimum Gasteiger partial charge on any atom is -0.448 e. The lowest BCUT2D eigenvalue weighted by Crippen LogP contribution is -2.24. The lowest BCUT2D eigenvalue weighted by molar-refractivity contribution is 0.0925. The molecule has 2 aromatic heterocycles. The first-order valence-electron chi connectivity index (χ1n) is 7.03. The van der Waals surface area contributed by atoms with Crippen LogP contribution in [0, 0.1) is 5.92 Å². The monoisotopic (exact) mass is 298 g/mol. The molecule has 106 valence electrons. The van der Waals surface area contributed by atoms with Crippen LogP contribution in [-0.2, 0) is 0 Å². The topological polar surface area (TPSA) is 55.1 Å². The molecule has 1 saturated carbocycles. The van der Waals surface area contributed by atoms with Gasteiger partial charge in [0.1, 0.15) is 0 Å². The molecule has 0 atom stereocenters. The molecular formula is C16H14N2O2S. The molecule has 3 aromatic rings. The Morgan fingerprint density at radius 3 is 2.95 bits per heavy atom. The average molecular weight is 298 g/mol. The Morgan fingerprint density at radius 2 is 2.14 bits per heavy atom. The number of benzene rings is 1. The largest absolute Gasteiger partial charge is 0.448 e. The van der Waals surface area contributed by atoms with Gasteiger partial charge in [-0.05, 0) is 43.0 Å². The van der Waals surface area contributed by atoms with E-state index >= 15 is 0 Å². The Kier molecular flexibility index (Phi) is 3.00. The van der Waals surface area contributed by atoms with Crippen molar-refractivity contribution in [2.45, 2.75) is 12.8 Å². The molecule has 1 amide bonds. The number of carbonyl (C=O) groups is 1. The van der Waals surface area contributed by atoms with Crippen molar-refractivity contribution in [2.24, 2.45) is 5.92 Å². The van der Waals surface area contributed by atoms with E-state index in [9.17, 15) is 4.79 Å². The molecular weight excluding hydrogens is 284 g/mol. The van der Waals surface area contributed by atoms with E-state index in [2.05, 4.69) is 10.3 Å². The second-order valence-electron chi connectivity index (χ2n) is 5.30. The standard InChI is InChI=1S/C16H14N2O2S/c19-15(17-9-10-5-6-10)12-7-8-13(20-12)16-18-11-3-1-2-4-14(11)21-16/h1-4,7-8,10H,5-6,9H2,(H,17,19). The van der Waals surface area contributed by atoms with Crippen molar-refractivity contribution < 1.29 is 9.21 Å². The number of nitrogens with one attached hydrogen (secondary N) is 1. The SMILES string of the molecule is O=C(NCC1CC1)c1ccc(-c2nc3ccccc3s2)o1. The van der Waals surface area contributed by atoms with Crippen molar-refractivity contribution in [1.82, 2.24) is 10.3 Å². The van der Waals surface area contributed by atoms with E-state index in [0.29, 0.717) is 17.4 Å². The van der Waals surface area contributed by atoms with Crippen molar-refractivity contribution >= 4 is 27.5 Å². The van der Waals surface area contributed by atoms with E-state index < -0.39 is 0 Å². The number of furan rings is 1. The maximum atomic E-state index is 12.0. The molecule has 1 aliphatic carbocycles. The summed E-state index contributed by atoms with van der Waals surface area (Å²) in [5.74, 6) is 1.51. The Hall–Kier alpha value is -2.14. The molecule has 0 radical (unpaired) electrons. The number of thiazole rings is 1. The number of aromatic nitrogens is 1. The highest BCUT2D eigenvalue weighted by Gasteiger charge is 2.23. The van der Waals surface area contributed by atoms with Gasteiger partial charge in [-0.2, -0.15) is 0 Å². The van der Waals surface area contributed by atoms with Crippen LogP contribution in [0.25, 0.3) is 21.0 Å². The van der Waals surface area contributed by atoms with E-state index in [1.165, 1.54) is 12.8 Å². The van der Waals surface area contributed by atoms with Gasteiger partial charge in [-0.3, -0.25) is 4.79 Å². The number of rotatable bonds is 4. The summed E-state index contributed by atoms with van der Waals surface area (Å²) in [5, 5.41) is 3.71. The van der Waals surface area contributed by atoms with Crippen LogP contribution < -0.4 is 5.32 Å². The third kappa shape index (κ3) is 2.56. The molecule has 0 spiro atoms. The van der Waals surface area contributed by atoms with E-state index in [1.807, 2.05) is 30.3 Å². The molecule has 1 N–H and O–H groups in total. The highest BCUT2D eigenvalue weighted by molar-refractivity contribution is 7.21. The number of para-hydroxylation sites is 1. The summed E-state index contributed by atoms with van der Waals surface area (Å²) in [6.45, 7) is 0.746. The zero-order chi connectivity index (χ0) is 14.2. The van der Waals surface area contributed by atoms with E-state index in [1.54, 1.807) is 17.4 Å². The van der Waals surface area contributed by atoms with Gasteiger partial charge in [0.15, 0.2) is 16.5 Å². The second kappa shape index (κ2) is 5.00. The molecule has 4 nitrogen and oxygen atoms in total. The average Bonchev–Trinajstić information content (AvgIpc) is 3.03. The summed E-state index contributed by atoms with van der Waals surface area (Å²) in [6.07, 6.45) is 2.44. The quantitative estimate of drug-likeness (QED) is 0.799. The fourth-order valence-electron chi connectivity index (χ4n) is 2.20. The second-order valence-corrected chi connectivity index (χ2v) is 6.33. The Morgan fingerprint density at radius 1 is 1.29 bits per heavy atom. The first-order chi connectivity index (χ1) is 10.3. The molecule has 1 aliphatic rings. The number of hydrogen-bond donors (Lipinski definition) is 1. The first kappa shape index (κ1) is 12.6. The van der Waals surface area contributed by atoms with Gasteiger partial charge in [0.05, 0.1) is 10.2 Å². The van der Waals surface area contributed by atoms with Gasteiger partial charge < -0.3 is 9.73 Å². The molecule has 0 bridgehead atoms. The first-order valence-corrected chi connectivity index (χ1v) is 7.85. The Labute approximate surface area is 125 Å². The van der Waals surface area contributed by atoms with Gasteiger partial charge >= 0.3 is 0 Å². The van der Waals surface area contributed by atoms with Crippen molar-refractivity contribution in [3.05, 3.63) is 42.2 Å². The maximum absolute atomic E-state index is 12.0. The van der Waals surface area contributed by atoms with Crippen molar-refractivity contribution in [3.63, 3.8) is 0 Å². The number of nitrogens with zero attached hydrogens (tertiary/aromatic N) is 1. The van der Waals surface area contributed by atoms with Gasteiger partial charge in [-0.25, -0.2) is 4.98 Å². The summed E-state index contributed by atoms with van der Waals surface area (Å²) in [5.41, 5.74) is 0.952. The number of amides is 1. The minimum absolute atomic E-state index is 0.144. The molecule has 2 heterocycles. The zero-order valence-electron chi connectivity index (χ0n) is 11.3. The van der Waals surface area contributed by atoms with Crippen molar-refractivity contribution in [1.29, 1.82) is 0 Å². The Bertz CT molecular complexity index is 768. The van der Waals surface area contributed by atoms with E-state index in [4.69, 9.17) is 4.42 Å². The van der Waals surface area contributed by atoms with Gasteiger partial charge in [0, 0.05) is 6.54 Å². The predicted octanol–water partition coefficient (Wildman–Crippen LogP) is 3.70. The number of fused-ring (bicyclic) bond motifs is 1. The van der Waals surface area contributed by atoms with Crippen molar-refractivity contribution in [3.8, 4) is 10.8 Å². The molecule has 0 aliphatic heterocycles. The van der Waals surface area contributed by atoms with Crippen molar-refractivity contribution in [2.75, 3.05) is 6.54 Å². The Balaban J connectivity index is 1.56. The molecule has 0 unspecified atom stereocenters. The summed E-state index contributed by atoms with van der Waals surface area (Å²) < 4.78 is 6.76. The number of carbonyl (C=O) groups excluding carboxylic acids is 1. The van der Waals surface area contributed by atoms with Gasteiger partial charge in [-0.15, -0.1) is 11.3 Å². The zero-order valence-corrected chi connectivity index (χ0v) is 12.2. The van der Waals surface area contributed by atoms with Gasteiger partial charge in [-0.1, -0.05) is 12.1 Å². The highest BCUT2D eigenvalue weighted by atomic mass is 32.1. The normalized spacial score (nSPS) is 14.5. The van der Waals surface area contributed by atoms with Gasteiger partial charge in [0.25, 0.3) is 5.91 Å². The smallest absolute Gasteiger partial charge is 0.287 e. The molecule has 5 heteroatoms. The fraction of sp³-hybridized carbons (Fsp3) is 0.250. The third-order valence-electron chi connectivity index (χ3n) is 3.58. The summed E-state index contributed by atoms with van der Waals surface area (Å²) >= 11 is 1.57. The maximum Gasteiger partial charge on any atom is 0.287 e. The number of hydrogen-bond acceptors (Lipinski definition) is 4. The van der Waals surface area contributed by atoms with Crippen LogP contribution in [0.1, 0.15) is 23.4 Å². The molecule has 21 heavy (non-hydrogen) atoms. The summed E-state index contributed by atoms with van der Waals surface area (Å²) in [6, 6.07) is 11.5. The van der Waals surface area contributed by atoms with Gasteiger partial charge in [0.2, 0.25) is 0 Å². The van der Waals surface area contributed by atoms with Crippen LogP contribution in [0.15, 0.2) is 40.8 Å². The molecule has 4 rings (SSSR count). The lowest BCUT2D eigenvalue weighted by Gasteiger charge is -2.00. The van der Waals surface area contributed by atoms with Crippen LogP contribution in [0.3, 0.4) is 0 Å². The van der Waals surface area contributed by atoms with Crippen LogP contribution in [0.5, 0.6) is 0 Å². The highest BCUT2D eigenvalue weighted by Crippen LogP contribution is 2.31. The molecule has 1 aromatic carbocycles. The fourth-order valence-corrected chi connectivity index (χ4v) is 3.13. The summed E-state index contributed by atoms with van der Waals surface area (Å²) in [4.78, 5) is 16.5. The van der Waals surface area contributed by atoms with Crippen LogP contribution in [0.4, 0.5) is 0 Å². The van der Waals surface area contributed by atoms with Crippen LogP contribution in [-0.4, -0.2) is 17.4 Å². The molecule has 0 saturated heterocycles.